The van der Waals surface area contributed by atoms with Crippen LogP contribution in [0, 0.1) is 0 Å². The molecule has 2 N–H and O–H groups in total. The van der Waals surface area contributed by atoms with Crippen LogP contribution in [0.1, 0.15) is 25.3 Å². The monoisotopic (exact) mass is 277 g/mol. The van der Waals surface area contributed by atoms with Crippen LogP contribution in [0.15, 0.2) is 18.2 Å². The molecule has 1 aromatic carbocycles. The number of nitrogen functional groups attached to an aromatic ring is 1. The Morgan fingerprint density at radius 3 is 2.95 bits per heavy atom. The highest BCUT2D eigenvalue weighted by Crippen LogP contribution is 2.40. The maximum absolute atomic E-state index is 6.13. The molecule has 1 saturated carbocycles. The Kier molecular flexibility index (Phi) is 3.31. The molecular weight excluding hydrogens is 258 g/mol. The summed E-state index contributed by atoms with van der Waals surface area (Å²) in [6, 6.07) is 6.47. The van der Waals surface area contributed by atoms with E-state index >= 15 is 0 Å². The number of hydrogen-bond donors (Lipinski definition) is 1. The van der Waals surface area contributed by atoms with E-state index in [0.29, 0.717) is 12.0 Å². The SMILES string of the molecule is COc1cccc2c1nc(N)n2C1CCC(SC)C1. The smallest absolute Gasteiger partial charge is 0.201 e. The molecule has 0 amide bonds. The predicted molar refractivity (Wildman–Crippen MR) is 80.9 cm³/mol. The minimum Gasteiger partial charge on any atom is -0.494 e. The number of imidazole rings is 1. The molecule has 1 heterocycles. The van der Waals surface area contributed by atoms with Crippen molar-refractivity contribution >= 4 is 28.7 Å². The first-order valence-corrected chi connectivity index (χ1v) is 7.86. The van der Waals surface area contributed by atoms with Crippen molar-refractivity contribution in [1.29, 1.82) is 0 Å². The van der Waals surface area contributed by atoms with Crippen molar-refractivity contribution in [2.24, 2.45) is 0 Å². The van der Waals surface area contributed by atoms with Crippen LogP contribution in [0.3, 0.4) is 0 Å². The summed E-state index contributed by atoms with van der Waals surface area (Å²) in [5.41, 5.74) is 8.09. The second-order valence-electron chi connectivity index (χ2n) is 4.99. The van der Waals surface area contributed by atoms with E-state index in [1.807, 2.05) is 23.9 Å². The summed E-state index contributed by atoms with van der Waals surface area (Å²) in [6.07, 6.45) is 5.80. The van der Waals surface area contributed by atoms with Crippen molar-refractivity contribution in [3.63, 3.8) is 0 Å². The number of thioether (sulfide) groups is 1. The van der Waals surface area contributed by atoms with Gasteiger partial charge in [0.15, 0.2) is 0 Å². The molecule has 4 nitrogen and oxygen atoms in total. The van der Waals surface area contributed by atoms with Crippen LogP contribution >= 0.6 is 11.8 Å². The van der Waals surface area contributed by atoms with Gasteiger partial charge in [0.1, 0.15) is 11.3 Å². The molecule has 1 aromatic heterocycles. The van der Waals surface area contributed by atoms with E-state index in [0.717, 1.165) is 22.0 Å². The third-order valence-corrected chi connectivity index (χ3v) is 5.08. The van der Waals surface area contributed by atoms with Gasteiger partial charge in [-0.3, -0.25) is 0 Å². The fourth-order valence-electron chi connectivity index (χ4n) is 3.02. The van der Waals surface area contributed by atoms with E-state index < -0.39 is 0 Å². The van der Waals surface area contributed by atoms with Gasteiger partial charge in [0.2, 0.25) is 5.95 Å². The lowest BCUT2D eigenvalue weighted by molar-refractivity contribution is 0.419. The predicted octanol–water partition coefficient (Wildman–Crippen LogP) is 3.08. The molecular formula is C14H19N3OS. The summed E-state index contributed by atoms with van der Waals surface area (Å²) in [5.74, 6) is 1.40. The Hall–Kier alpha value is -1.36. The van der Waals surface area contributed by atoms with Crippen molar-refractivity contribution in [3.8, 4) is 5.75 Å². The average Bonchev–Trinajstić information content (AvgIpc) is 3.00. The second kappa shape index (κ2) is 4.96. The number of aromatic nitrogens is 2. The number of benzene rings is 1. The number of nitrogens with zero attached hydrogens (tertiary/aromatic N) is 2. The number of rotatable bonds is 3. The molecule has 2 atom stereocenters. The van der Waals surface area contributed by atoms with Gasteiger partial charge in [-0.1, -0.05) is 6.07 Å². The number of hydrogen-bond acceptors (Lipinski definition) is 4. The molecule has 0 radical (unpaired) electrons. The lowest BCUT2D eigenvalue weighted by Crippen LogP contribution is -2.09. The van der Waals surface area contributed by atoms with Crippen molar-refractivity contribution in [3.05, 3.63) is 18.2 Å². The van der Waals surface area contributed by atoms with E-state index in [4.69, 9.17) is 10.5 Å². The van der Waals surface area contributed by atoms with E-state index in [-0.39, 0.29) is 0 Å². The van der Waals surface area contributed by atoms with E-state index in [1.54, 1.807) is 7.11 Å². The number of para-hydroxylation sites is 1. The first-order valence-electron chi connectivity index (χ1n) is 6.57. The molecule has 0 bridgehead atoms. The minimum absolute atomic E-state index is 0.467. The molecule has 3 rings (SSSR count). The first-order chi connectivity index (χ1) is 9.24. The van der Waals surface area contributed by atoms with Crippen LogP contribution in [-0.2, 0) is 0 Å². The fraction of sp³-hybridized carbons (Fsp3) is 0.500. The van der Waals surface area contributed by atoms with E-state index in [9.17, 15) is 0 Å². The highest BCUT2D eigenvalue weighted by Gasteiger charge is 2.28. The molecule has 1 aliphatic rings. The van der Waals surface area contributed by atoms with Gasteiger partial charge in [0.25, 0.3) is 0 Å². The molecule has 19 heavy (non-hydrogen) atoms. The quantitative estimate of drug-likeness (QED) is 0.936. The zero-order valence-electron chi connectivity index (χ0n) is 11.3. The van der Waals surface area contributed by atoms with Gasteiger partial charge in [-0.15, -0.1) is 0 Å². The normalized spacial score (nSPS) is 23.1. The molecule has 1 aliphatic carbocycles. The number of anilines is 1. The molecule has 0 saturated heterocycles. The van der Waals surface area contributed by atoms with Crippen LogP contribution in [0.2, 0.25) is 0 Å². The van der Waals surface area contributed by atoms with Crippen LogP contribution in [0.4, 0.5) is 5.95 Å². The van der Waals surface area contributed by atoms with Gasteiger partial charge >= 0.3 is 0 Å². The van der Waals surface area contributed by atoms with Gasteiger partial charge in [-0.2, -0.15) is 11.8 Å². The van der Waals surface area contributed by atoms with Crippen molar-refractivity contribution in [1.82, 2.24) is 9.55 Å². The Bertz CT molecular complexity index is 596. The third-order valence-electron chi connectivity index (χ3n) is 3.99. The average molecular weight is 277 g/mol. The summed E-state index contributed by atoms with van der Waals surface area (Å²) >= 11 is 1.95. The third kappa shape index (κ3) is 2.06. The highest BCUT2D eigenvalue weighted by atomic mass is 32.2. The zero-order chi connectivity index (χ0) is 13.4. The summed E-state index contributed by atoms with van der Waals surface area (Å²) in [7, 11) is 1.67. The molecule has 2 unspecified atom stereocenters. The molecule has 5 heteroatoms. The van der Waals surface area contributed by atoms with Gasteiger partial charge in [-0.25, -0.2) is 4.98 Å². The van der Waals surface area contributed by atoms with Crippen LogP contribution in [0.5, 0.6) is 5.75 Å². The maximum atomic E-state index is 6.13. The fourth-order valence-corrected chi connectivity index (χ4v) is 3.81. The Morgan fingerprint density at radius 2 is 2.26 bits per heavy atom. The standard InChI is InChI=1S/C14H19N3OS/c1-18-12-5-3-4-11-13(12)16-14(15)17(11)9-6-7-10(8-9)19-2/h3-5,9-10H,6-8H2,1-2H3,(H2,15,16). The van der Waals surface area contributed by atoms with Crippen LogP contribution in [-0.4, -0.2) is 28.2 Å². The Labute approximate surface area is 117 Å². The Morgan fingerprint density at radius 1 is 1.42 bits per heavy atom. The molecule has 1 fully saturated rings. The summed E-state index contributed by atoms with van der Waals surface area (Å²) in [5, 5.41) is 0.743. The van der Waals surface area contributed by atoms with Gasteiger partial charge in [0, 0.05) is 11.3 Å². The molecule has 2 aromatic rings. The van der Waals surface area contributed by atoms with Gasteiger partial charge in [0.05, 0.1) is 12.6 Å². The van der Waals surface area contributed by atoms with Crippen molar-refractivity contribution in [2.45, 2.75) is 30.6 Å². The lowest BCUT2D eigenvalue weighted by Gasteiger charge is -2.15. The summed E-state index contributed by atoms with van der Waals surface area (Å²) < 4.78 is 7.55. The maximum Gasteiger partial charge on any atom is 0.201 e. The number of fused-ring (bicyclic) bond motifs is 1. The number of methoxy groups -OCH3 is 1. The topological polar surface area (TPSA) is 53.1 Å². The molecule has 102 valence electrons. The Balaban J connectivity index is 2.06. The van der Waals surface area contributed by atoms with Gasteiger partial charge in [-0.05, 0) is 37.7 Å². The van der Waals surface area contributed by atoms with Crippen molar-refractivity contribution in [2.75, 3.05) is 19.1 Å². The van der Waals surface area contributed by atoms with Gasteiger partial charge < -0.3 is 15.0 Å². The largest absolute Gasteiger partial charge is 0.494 e. The lowest BCUT2D eigenvalue weighted by atomic mass is 10.2. The molecule has 0 aliphatic heterocycles. The number of ether oxygens (including phenoxy) is 1. The minimum atomic E-state index is 0.467. The van der Waals surface area contributed by atoms with E-state index in [1.165, 1.54) is 19.3 Å². The van der Waals surface area contributed by atoms with Crippen LogP contribution < -0.4 is 10.5 Å². The highest BCUT2D eigenvalue weighted by molar-refractivity contribution is 7.99. The first kappa shape index (κ1) is 12.7. The summed E-state index contributed by atoms with van der Waals surface area (Å²) in [6.45, 7) is 0. The molecule has 0 spiro atoms. The second-order valence-corrected chi connectivity index (χ2v) is 6.13. The number of nitrogens with two attached hydrogens (primary N) is 1. The summed E-state index contributed by atoms with van der Waals surface area (Å²) in [4.78, 5) is 4.49. The van der Waals surface area contributed by atoms with Crippen molar-refractivity contribution < 1.29 is 4.74 Å². The zero-order valence-corrected chi connectivity index (χ0v) is 12.1. The van der Waals surface area contributed by atoms with Crippen LogP contribution in [0.25, 0.3) is 11.0 Å². The van der Waals surface area contributed by atoms with E-state index in [2.05, 4.69) is 21.9 Å².